The van der Waals surface area contributed by atoms with Gasteiger partial charge in [0, 0.05) is 23.3 Å². The number of aryl methyl sites for hydroxylation is 1. The summed E-state index contributed by atoms with van der Waals surface area (Å²) in [6.07, 6.45) is 1.96. The van der Waals surface area contributed by atoms with Crippen LogP contribution in [0.3, 0.4) is 0 Å². The fourth-order valence-electron chi connectivity index (χ4n) is 2.33. The highest BCUT2D eigenvalue weighted by molar-refractivity contribution is 7.98. The molecular formula is C17H15N3O2S. The summed E-state index contributed by atoms with van der Waals surface area (Å²) in [5.41, 5.74) is 4.87. The zero-order chi connectivity index (χ0) is 16.4. The summed E-state index contributed by atoms with van der Waals surface area (Å²) in [7, 11) is 0. The van der Waals surface area contributed by atoms with Crippen LogP contribution >= 0.6 is 11.8 Å². The predicted octanol–water partition coefficient (Wildman–Crippen LogP) is 4.68. The Bertz CT molecular complexity index is 839. The van der Waals surface area contributed by atoms with Crippen molar-refractivity contribution in [3.63, 3.8) is 0 Å². The lowest BCUT2D eigenvalue weighted by atomic mass is 10.0. The number of aromatic nitrogens is 2. The summed E-state index contributed by atoms with van der Waals surface area (Å²) in [6, 6.07) is 14.7. The largest absolute Gasteiger partial charge is 0.332 e. The molecule has 0 aliphatic carbocycles. The van der Waals surface area contributed by atoms with Gasteiger partial charge in [0.15, 0.2) is 5.16 Å². The van der Waals surface area contributed by atoms with Gasteiger partial charge >= 0.3 is 0 Å². The van der Waals surface area contributed by atoms with E-state index in [1.165, 1.54) is 29.5 Å². The van der Waals surface area contributed by atoms with Crippen LogP contribution in [0.15, 0.2) is 53.7 Å². The number of hydrogen-bond acceptors (Lipinski definition) is 4. The lowest BCUT2D eigenvalue weighted by Crippen LogP contribution is -1.88. The first kappa shape index (κ1) is 15.3. The van der Waals surface area contributed by atoms with Gasteiger partial charge < -0.3 is 4.98 Å². The van der Waals surface area contributed by atoms with Gasteiger partial charge in [-0.3, -0.25) is 10.1 Å². The first-order valence-corrected chi connectivity index (χ1v) is 8.27. The minimum absolute atomic E-state index is 0.0789. The number of nitrogens with one attached hydrogen (secondary N) is 1. The Morgan fingerprint density at radius 2 is 1.65 bits per heavy atom. The number of nitrogens with zero attached hydrogens (tertiary/aromatic N) is 2. The molecule has 1 heterocycles. The summed E-state index contributed by atoms with van der Waals surface area (Å²) in [4.78, 5) is 18.3. The highest BCUT2D eigenvalue weighted by atomic mass is 32.2. The van der Waals surface area contributed by atoms with Gasteiger partial charge in [-0.15, -0.1) is 0 Å². The summed E-state index contributed by atoms with van der Waals surface area (Å²) in [5.74, 6) is 0. The van der Waals surface area contributed by atoms with E-state index in [1.54, 1.807) is 12.1 Å². The molecule has 5 nitrogen and oxygen atoms in total. The zero-order valence-corrected chi connectivity index (χ0v) is 13.6. The molecule has 0 unspecified atom stereocenters. The van der Waals surface area contributed by atoms with E-state index in [0.29, 0.717) is 0 Å². The molecule has 0 aliphatic rings. The van der Waals surface area contributed by atoms with Crippen LogP contribution in [0, 0.1) is 17.0 Å². The smallest absolute Gasteiger partial charge is 0.269 e. The molecule has 2 aromatic carbocycles. The normalized spacial score (nSPS) is 10.7. The Hall–Kier alpha value is -2.60. The molecule has 0 aliphatic heterocycles. The summed E-state index contributed by atoms with van der Waals surface area (Å²) < 4.78 is 0. The van der Waals surface area contributed by atoms with Crippen LogP contribution < -0.4 is 0 Å². The van der Waals surface area contributed by atoms with Crippen LogP contribution in [0.2, 0.25) is 0 Å². The fourth-order valence-corrected chi connectivity index (χ4v) is 2.71. The van der Waals surface area contributed by atoms with Crippen molar-refractivity contribution in [1.29, 1.82) is 0 Å². The maximum absolute atomic E-state index is 10.8. The molecule has 0 spiro atoms. The quantitative estimate of drug-likeness (QED) is 0.429. The van der Waals surface area contributed by atoms with E-state index in [2.05, 4.69) is 9.97 Å². The minimum atomic E-state index is -0.398. The van der Waals surface area contributed by atoms with Gasteiger partial charge in [-0.2, -0.15) is 0 Å². The maximum Gasteiger partial charge on any atom is 0.269 e. The molecule has 1 aromatic heterocycles. The lowest BCUT2D eigenvalue weighted by Gasteiger charge is -2.04. The van der Waals surface area contributed by atoms with Gasteiger partial charge in [-0.1, -0.05) is 41.6 Å². The summed E-state index contributed by atoms with van der Waals surface area (Å²) in [6.45, 7) is 2.04. The van der Waals surface area contributed by atoms with Crippen molar-refractivity contribution < 1.29 is 4.92 Å². The highest BCUT2D eigenvalue weighted by Crippen LogP contribution is 2.33. The third kappa shape index (κ3) is 3.12. The topological polar surface area (TPSA) is 71.8 Å². The van der Waals surface area contributed by atoms with Gasteiger partial charge in [0.2, 0.25) is 0 Å². The molecule has 1 N–H and O–H groups in total. The number of nitro benzene ring substituents is 1. The monoisotopic (exact) mass is 325 g/mol. The second-order valence-corrected chi connectivity index (χ2v) is 5.93. The Labute approximate surface area is 137 Å². The molecule has 3 aromatic rings. The molecule has 116 valence electrons. The highest BCUT2D eigenvalue weighted by Gasteiger charge is 2.15. The van der Waals surface area contributed by atoms with Crippen molar-refractivity contribution >= 4 is 17.4 Å². The molecule has 23 heavy (non-hydrogen) atoms. The van der Waals surface area contributed by atoms with Crippen LogP contribution in [0.1, 0.15) is 5.56 Å². The fraction of sp³-hybridized carbons (Fsp3) is 0.118. The molecule has 0 radical (unpaired) electrons. The van der Waals surface area contributed by atoms with Gasteiger partial charge in [-0.25, -0.2) is 4.98 Å². The number of H-pyrrole nitrogens is 1. The number of benzene rings is 2. The molecular weight excluding hydrogens is 310 g/mol. The van der Waals surface area contributed by atoms with Crippen molar-refractivity contribution in [3.05, 3.63) is 64.2 Å². The van der Waals surface area contributed by atoms with Gasteiger partial charge in [0.25, 0.3) is 5.69 Å². The van der Waals surface area contributed by atoms with Crippen molar-refractivity contribution in [3.8, 4) is 22.5 Å². The van der Waals surface area contributed by atoms with Crippen LogP contribution in [0.5, 0.6) is 0 Å². The number of hydrogen-bond donors (Lipinski definition) is 1. The van der Waals surface area contributed by atoms with Crippen molar-refractivity contribution in [2.45, 2.75) is 12.1 Å². The van der Waals surface area contributed by atoms with Crippen molar-refractivity contribution in [2.24, 2.45) is 0 Å². The Morgan fingerprint density at radius 3 is 2.22 bits per heavy atom. The molecule has 0 atom stereocenters. The number of rotatable bonds is 4. The van der Waals surface area contributed by atoms with Gasteiger partial charge in [0.05, 0.1) is 16.3 Å². The van der Waals surface area contributed by atoms with E-state index in [-0.39, 0.29) is 5.69 Å². The van der Waals surface area contributed by atoms with Crippen LogP contribution in [0.25, 0.3) is 22.5 Å². The number of thioether (sulfide) groups is 1. The van der Waals surface area contributed by atoms with Crippen molar-refractivity contribution in [1.82, 2.24) is 9.97 Å². The molecule has 0 saturated carbocycles. The van der Waals surface area contributed by atoms with Crippen LogP contribution in [0.4, 0.5) is 5.69 Å². The van der Waals surface area contributed by atoms with E-state index in [9.17, 15) is 10.1 Å². The molecule has 0 amide bonds. The third-order valence-electron chi connectivity index (χ3n) is 3.57. The maximum atomic E-state index is 10.8. The Morgan fingerprint density at radius 1 is 1.04 bits per heavy atom. The number of imidazole rings is 1. The summed E-state index contributed by atoms with van der Waals surface area (Å²) >= 11 is 1.53. The standard InChI is InChI=1S/C17H15N3O2S/c1-11-3-5-12(6-4-11)15-16(19-17(18-15)23-2)13-7-9-14(10-8-13)20(21)22/h3-10H,1-2H3,(H,18,19). The first-order chi connectivity index (χ1) is 11.1. The lowest BCUT2D eigenvalue weighted by molar-refractivity contribution is -0.384. The average Bonchev–Trinajstić information content (AvgIpc) is 3.00. The molecule has 0 saturated heterocycles. The summed E-state index contributed by atoms with van der Waals surface area (Å²) in [5, 5.41) is 11.6. The van der Waals surface area contributed by atoms with Crippen molar-refractivity contribution in [2.75, 3.05) is 6.26 Å². The van der Waals surface area contributed by atoms with Crippen LogP contribution in [-0.4, -0.2) is 21.1 Å². The zero-order valence-electron chi connectivity index (χ0n) is 12.7. The van der Waals surface area contributed by atoms with E-state index in [1.807, 2.05) is 37.4 Å². The average molecular weight is 325 g/mol. The Balaban J connectivity index is 2.09. The second kappa shape index (κ2) is 6.26. The van der Waals surface area contributed by atoms with Gasteiger partial charge in [-0.05, 0) is 25.3 Å². The Kier molecular flexibility index (Phi) is 4.16. The van der Waals surface area contributed by atoms with Crippen LogP contribution in [-0.2, 0) is 0 Å². The molecule has 3 rings (SSSR count). The van der Waals surface area contributed by atoms with E-state index >= 15 is 0 Å². The second-order valence-electron chi connectivity index (χ2n) is 5.14. The molecule has 6 heteroatoms. The number of aromatic amines is 1. The third-order valence-corrected chi connectivity index (χ3v) is 4.15. The molecule has 0 fully saturated rings. The van der Waals surface area contributed by atoms with E-state index in [0.717, 1.165) is 27.7 Å². The predicted molar refractivity (Wildman–Crippen MR) is 92.6 cm³/mol. The number of non-ortho nitro benzene ring substituents is 1. The SMILES string of the molecule is CSc1nc(-c2ccc(C)cc2)c(-c2ccc([N+](=O)[O-])cc2)[nH]1. The van der Waals surface area contributed by atoms with E-state index in [4.69, 9.17) is 0 Å². The number of nitro groups is 1. The van der Waals surface area contributed by atoms with E-state index < -0.39 is 4.92 Å². The first-order valence-electron chi connectivity index (χ1n) is 7.04. The molecule has 0 bridgehead atoms. The van der Waals surface area contributed by atoms with Gasteiger partial charge in [0.1, 0.15) is 0 Å². The minimum Gasteiger partial charge on any atom is -0.332 e.